The summed E-state index contributed by atoms with van der Waals surface area (Å²) >= 11 is 0. The van der Waals surface area contributed by atoms with Gasteiger partial charge < -0.3 is 20.3 Å². The van der Waals surface area contributed by atoms with Gasteiger partial charge in [0, 0.05) is 19.7 Å². The fourth-order valence-electron chi connectivity index (χ4n) is 2.88. The zero-order chi connectivity index (χ0) is 20.7. The number of carbonyl (C=O) groups excluding carboxylic acids is 1. The first-order valence-corrected chi connectivity index (χ1v) is 8.85. The summed E-state index contributed by atoms with van der Waals surface area (Å²) in [5.74, 6) is -0.387. The first kappa shape index (κ1) is 27.9. The zero-order valence-electron chi connectivity index (χ0n) is 17.0. The third-order valence-corrected chi connectivity index (χ3v) is 4.44. The summed E-state index contributed by atoms with van der Waals surface area (Å²) in [6.07, 6.45) is -4.18. The number of esters is 1. The largest absolute Gasteiger partial charge is 0.465 e. The fourth-order valence-corrected chi connectivity index (χ4v) is 2.88. The number of halogens is 4. The van der Waals surface area contributed by atoms with E-state index in [4.69, 9.17) is 4.74 Å². The molecular weight excluding hydrogens is 423 g/mol. The summed E-state index contributed by atoms with van der Waals surface area (Å²) in [6.45, 7) is 2.35. The van der Waals surface area contributed by atoms with E-state index in [0.717, 1.165) is 17.7 Å². The maximum atomic E-state index is 12.9. The molecule has 0 radical (unpaired) electrons. The molecule has 0 aliphatic carbocycles. The molecule has 3 N–H and O–H groups in total. The zero-order valence-corrected chi connectivity index (χ0v) is 17.8. The van der Waals surface area contributed by atoms with Gasteiger partial charge in [-0.3, -0.25) is 0 Å². The summed E-state index contributed by atoms with van der Waals surface area (Å²) < 4.78 is 48.8. The van der Waals surface area contributed by atoms with Crippen molar-refractivity contribution >= 4 is 18.4 Å². The van der Waals surface area contributed by atoms with Crippen LogP contribution in [0.5, 0.6) is 0 Å². The van der Waals surface area contributed by atoms with Gasteiger partial charge in [0.1, 0.15) is 0 Å². The average molecular weight is 450 g/mol. The molecule has 0 bridgehead atoms. The minimum Gasteiger partial charge on any atom is -0.465 e. The minimum atomic E-state index is -4.38. The number of rotatable bonds is 8. The summed E-state index contributed by atoms with van der Waals surface area (Å²) in [7, 11) is 2.81. The highest BCUT2D eigenvalue weighted by Gasteiger charge is 2.31. The number of alkyl halides is 3. The molecule has 2 aromatic rings. The molecule has 0 aliphatic heterocycles. The highest BCUT2D eigenvalue weighted by molar-refractivity contribution is 5.89. The first-order valence-electron chi connectivity index (χ1n) is 8.85. The van der Waals surface area contributed by atoms with Crippen molar-refractivity contribution in [3.05, 3.63) is 70.8 Å². The number of ether oxygens (including phenoxy) is 2. The van der Waals surface area contributed by atoms with E-state index in [-0.39, 0.29) is 29.9 Å². The van der Waals surface area contributed by atoms with Gasteiger partial charge in [0.15, 0.2) is 0 Å². The van der Waals surface area contributed by atoms with Crippen LogP contribution in [0.25, 0.3) is 0 Å². The van der Waals surface area contributed by atoms with Crippen molar-refractivity contribution in [3.8, 4) is 0 Å². The van der Waals surface area contributed by atoms with E-state index in [1.54, 1.807) is 18.2 Å². The molecule has 0 spiro atoms. The quantitative estimate of drug-likeness (QED) is 0.618. The van der Waals surface area contributed by atoms with Crippen molar-refractivity contribution in [2.24, 2.45) is 0 Å². The van der Waals surface area contributed by atoms with Gasteiger partial charge in [-0.25, -0.2) is 4.79 Å². The molecule has 0 aliphatic rings. The van der Waals surface area contributed by atoms with Gasteiger partial charge in [0.2, 0.25) is 0 Å². The van der Waals surface area contributed by atoms with Crippen molar-refractivity contribution in [1.82, 2.24) is 5.32 Å². The molecule has 2 atom stereocenters. The standard InChI is InChI=1S/C21H24F3NO3.ClH.H2O/c1-14(11-15-7-9-16(10-8-15)20(26)28-3)25-13-19(27-2)17-5-4-6-18(12-17)21(22,23)24;;/h4-10,12,14,19,25H,11,13H2,1-3H3;1H;1H2. The van der Waals surface area contributed by atoms with Gasteiger partial charge >= 0.3 is 12.1 Å². The molecule has 0 fully saturated rings. The van der Waals surface area contributed by atoms with Crippen molar-refractivity contribution in [2.45, 2.75) is 31.7 Å². The van der Waals surface area contributed by atoms with E-state index < -0.39 is 17.8 Å². The average Bonchev–Trinajstić information content (AvgIpc) is 2.68. The van der Waals surface area contributed by atoms with Crippen LogP contribution in [0.3, 0.4) is 0 Å². The van der Waals surface area contributed by atoms with Gasteiger partial charge in [-0.1, -0.05) is 24.3 Å². The van der Waals surface area contributed by atoms with Crippen LogP contribution in [0.15, 0.2) is 48.5 Å². The van der Waals surface area contributed by atoms with Crippen LogP contribution in [-0.2, 0) is 22.1 Å². The molecule has 30 heavy (non-hydrogen) atoms. The molecule has 0 saturated heterocycles. The molecule has 2 unspecified atom stereocenters. The molecule has 5 nitrogen and oxygen atoms in total. The Morgan fingerprint density at radius 1 is 1.10 bits per heavy atom. The normalized spacial score (nSPS) is 12.9. The predicted molar refractivity (Wildman–Crippen MR) is 111 cm³/mol. The lowest BCUT2D eigenvalue weighted by molar-refractivity contribution is -0.137. The SMILES string of the molecule is COC(=O)c1ccc(CC(C)NCC(OC)c2cccc(C(F)(F)F)c2)cc1.Cl.O. The van der Waals surface area contributed by atoms with E-state index in [9.17, 15) is 18.0 Å². The van der Waals surface area contributed by atoms with Crippen LogP contribution in [0, 0.1) is 0 Å². The molecule has 9 heteroatoms. The lowest BCUT2D eigenvalue weighted by atomic mass is 10.0. The predicted octanol–water partition coefficient (Wildman–Crippen LogP) is 4.00. The number of carbonyl (C=O) groups is 1. The third kappa shape index (κ3) is 7.95. The van der Waals surface area contributed by atoms with E-state index in [2.05, 4.69) is 10.1 Å². The number of hydrogen-bond acceptors (Lipinski definition) is 4. The van der Waals surface area contributed by atoms with Gasteiger partial charge in [0.05, 0.1) is 24.3 Å². The first-order chi connectivity index (χ1) is 13.2. The van der Waals surface area contributed by atoms with Gasteiger partial charge in [0.25, 0.3) is 0 Å². The Labute approximate surface area is 180 Å². The molecule has 2 rings (SSSR count). The number of hydrogen-bond donors (Lipinski definition) is 1. The smallest absolute Gasteiger partial charge is 0.416 e. The molecule has 0 heterocycles. The Hall–Kier alpha value is -2.13. The van der Waals surface area contributed by atoms with E-state index in [1.165, 1.54) is 20.3 Å². The second-order valence-corrected chi connectivity index (χ2v) is 6.55. The monoisotopic (exact) mass is 449 g/mol. The van der Waals surface area contributed by atoms with E-state index in [0.29, 0.717) is 24.1 Å². The lowest BCUT2D eigenvalue weighted by Gasteiger charge is -2.21. The molecule has 0 saturated carbocycles. The number of nitrogens with one attached hydrogen (secondary N) is 1. The van der Waals surface area contributed by atoms with Crippen molar-refractivity contribution in [1.29, 1.82) is 0 Å². The third-order valence-electron chi connectivity index (χ3n) is 4.44. The van der Waals surface area contributed by atoms with Crippen LogP contribution in [-0.4, -0.2) is 38.3 Å². The molecule has 2 aromatic carbocycles. The van der Waals surface area contributed by atoms with Gasteiger partial charge in [-0.05, 0) is 48.7 Å². The Bertz CT molecular complexity index is 785. The summed E-state index contributed by atoms with van der Waals surface area (Å²) in [6, 6.07) is 12.3. The molecular formula is C21H27ClF3NO4. The number of methoxy groups -OCH3 is 2. The van der Waals surface area contributed by atoms with Crippen molar-refractivity contribution in [2.75, 3.05) is 20.8 Å². The Balaban J connectivity index is 0.00000420. The van der Waals surface area contributed by atoms with Gasteiger partial charge in [-0.2, -0.15) is 13.2 Å². The second-order valence-electron chi connectivity index (χ2n) is 6.55. The minimum absolute atomic E-state index is 0. The maximum absolute atomic E-state index is 12.9. The van der Waals surface area contributed by atoms with Crippen LogP contribution in [0.1, 0.15) is 40.1 Å². The van der Waals surface area contributed by atoms with Crippen LogP contribution < -0.4 is 5.32 Å². The molecule has 0 aromatic heterocycles. The second kappa shape index (κ2) is 12.5. The lowest BCUT2D eigenvalue weighted by Crippen LogP contribution is -2.32. The number of benzene rings is 2. The van der Waals surface area contributed by atoms with Crippen LogP contribution >= 0.6 is 12.4 Å². The maximum Gasteiger partial charge on any atom is 0.416 e. The Kier molecular flexibility index (Phi) is 11.6. The Morgan fingerprint density at radius 2 is 1.73 bits per heavy atom. The van der Waals surface area contributed by atoms with E-state index in [1.807, 2.05) is 19.1 Å². The van der Waals surface area contributed by atoms with Gasteiger partial charge in [-0.15, -0.1) is 12.4 Å². The van der Waals surface area contributed by atoms with Crippen molar-refractivity contribution < 1.29 is 32.9 Å². The summed E-state index contributed by atoms with van der Waals surface area (Å²) in [5.41, 5.74) is 1.29. The molecule has 168 valence electrons. The van der Waals surface area contributed by atoms with Crippen LogP contribution in [0.4, 0.5) is 13.2 Å². The van der Waals surface area contributed by atoms with E-state index >= 15 is 0 Å². The molecule has 0 amide bonds. The van der Waals surface area contributed by atoms with Crippen LogP contribution in [0.2, 0.25) is 0 Å². The summed E-state index contributed by atoms with van der Waals surface area (Å²) in [4.78, 5) is 11.5. The highest BCUT2D eigenvalue weighted by Crippen LogP contribution is 2.31. The topological polar surface area (TPSA) is 79.1 Å². The van der Waals surface area contributed by atoms with Crippen molar-refractivity contribution in [3.63, 3.8) is 0 Å². The summed E-state index contributed by atoms with van der Waals surface area (Å²) in [5, 5.41) is 3.29. The fraction of sp³-hybridized carbons (Fsp3) is 0.381. The Morgan fingerprint density at radius 3 is 2.27 bits per heavy atom. The highest BCUT2D eigenvalue weighted by atomic mass is 35.5.